The van der Waals surface area contributed by atoms with Crippen LogP contribution in [0.3, 0.4) is 0 Å². The normalized spacial score (nSPS) is 17.0. The molecule has 0 radical (unpaired) electrons. The maximum atomic E-state index is 15.1. The van der Waals surface area contributed by atoms with E-state index in [1.807, 2.05) is 29.2 Å². The molecule has 7 heteroatoms. The number of aromatic amines is 1. The number of H-pyrrole nitrogens is 1. The lowest BCUT2D eigenvalue weighted by atomic mass is 9.85. The Kier molecular flexibility index (Phi) is 4.87. The van der Waals surface area contributed by atoms with E-state index in [2.05, 4.69) is 22.1 Å². The van der Waals surface area contributed by atoms with Crippen LogP contribution in [0.1, 0.15) is 34.3 Å². The van der Waals surface area contributed by atoms with E-state index in [0.29, 0.717) is 16.6 Å². The van der Waals surface area contributed by atoms with Crippen molar-refractivity contribution in [1.29, 1.82) is 0 Å². The molecule has 0 atom stereocenters. The minimum Gasteiger partial charge on any atom is -0.336 e. The molecule has 6 rings (SSSR count). The zero-order chi connectivity index (χ0) is 22.5. The molecule has 0 saturated carbocycles. The summed E-state index contributed by atoms with van der Waals surface area (Å²) in [6.45, 7) is 3.29. The number of benzene rings is 2. The quantitative estimate of drug-likeness (QED) is 0.505. The number of halogens is 1. The van der Waals surface area contributed by atoms with Crippen molar-refractivity contribution in [2.75, 3.05) is 33.2 Å². The summed E-state index contributed by atoms with van der Waals surface area (Å²) in [4.78, 5) is 21.9. The molecule has 1 saturated heterocycles. The third-order valence-corrected chi connectivity index (χ3v) is 7.15. The van der Waals surface area contributed by atoms with Crippen LogP contribution in [-0.4, -0.2) is 64.1 Å². The molecule has 33 heavy (non-hydrogen) atoms. The number of carbonyl (C=O) groups is 1. The molecule has 3 heterocycles. The van der Waals surface area contributed by atoms with Crippen molar-refractivity contribution in [2.24, 2.45) is 0 Å². The average Bonchev–Trinajstić information content (AvgIpc) is 3.32. The number of piperazine rings is 1. The highest BCUT2D eigenvalue weighted by Crippen LogP contribution is 2.38. The largest absolute Gasteiger partial charge is 0.336 e. The number of carbonyl (C=O) groups excluding carboxylic acids is 1. The van der Waals surface area contributed by atoms with E-state index in [-0.39, 0.29) is 11.7 Å². The van der Waals surface area contributed by atoms with Gasteiger partial charge in [0.05, 0.1) is 17.4 Å². The van der Waals surface area contributed by atoms with Crippen LogP contribution in [0.4, 0.5) is 4.39 Å². The van der Waals surface area contributed by atoms with Crippen molar-refractivity contribution >= 4 is 27.7 Å². The molecule has 2 aromatic heterocycles. The predicted molar refractivity (Wildman–Crippen MR) is 127 cm³/mol. The number of nitrogens with one attached hydrogen (secondary N) is 1. The summed E-state index contributed by atoms with van der Waals surface area (Å²) >= 11 is 0. The highest BCUT2D eigenvalue weighted by Gasteiger charge is 2.24. The summed E-state index contributed by atoms with van der Waals surface area (Å²) in [5, 5.41) is 8.84. The molecule has 2 aromatic carbocycles. The third kappa shape index (κ3) is 3.38. The minimum absolute atomic E-state index is 0.0662. The van der Waals surface area contributed by atoms with Crippen molar-refractivity contribution in [1.82, 2.24) is 25.0 Å². The molecular weight excluding hydrogens is 417 g/mol. The fraction of sp³-hybridized carbons (Fsp3) is 0.346. The number of aryl methyl sites for hydroxylation is 1. The first-order valence-corrected chi connectivity index (χ1v) is 11.7. The number of rotatable bonds is 2. The van der Waals surface area contributed by atoms with Gasteiger partial charge < -0.3 is 9.80 Å². The number of aromatic nitrogens is 3. The van der Waals surface area contributed by atoms with Gasteiger partial charge in [0.2, 0.25) is 0 Å². The summed E-state index contributed by atoms with van der Waals surface area (Å²) in [5.41, 5.74) is 5.93. The molecule has 0 unspecified atom stereocenters. The van der Waals surface area contributed by atoms with Gasteiger partial charge in [0.1, 0.15) is 5.52 Å². The first-order chi connectivity index (χ1) is 16.1. The van der Waals surface area contributed by atoms with Crippen LogP contribution in [0.25, 0.3) is 33.1 Å². The molecule has 1 N–H and O–H groups in total. The number of nitrogens with zero attached hydrogens (tertiary/aromatic N) is 4. The van der Waals surface area contributed by atoms with Gasteiger partial charge >= 0.3 is 0 Å². The highest BCUT2D eigenvalue weighted by molar-refractivity contribution is 6.08. The fourth-order valence-corrected chi connectivity index (χ4v) is 5.29. The second-order valence-corrected chi connectivity index (χ2v) is 9.21. The van der Waals surface area contributed by atoms with Crippen LogP contribution >= 0.6 is 0 Å². The highest BCUT2D eigenvalue weighted by atomic mass is 19.1. The van der Waals surface area contributed by atoms with E-state index in [1.165, 1.54) is 17.2 Å². The Balaban J connectivity index is 1.43. The zero-order valence-corrected chi connectivity index (χ0v) is 18.7. The number of fused-ring (bicyclic) bond motifs is 5. The topological polar surface area (TPSA) is 65.1 Å². The SMILES string of the molecule is CN1CCN(C(=O)c2ccc(-c3nc4c(F)cc5[nH]ncc5c4c4c3CCCC4)cc2)CC1. The second kappa shape index (κ2) is 7.92. The molecule has 1 aliphatic carbocycles. The van der Waals surface area contributed by atoms with Crippen molar-refractivity contribution < 1.29 is 9.18 Å². The molecule has 0 bridgehead atoms. The van der Waals surface area contributed by atoms with Gasteiger partial charge in [-0.25, -0.2) is 9.37 Å². The van der Waals surface area contributed by atoms with E-state index in [1.54, 1.807) is 6.20 Å². The molecule has 6 nitrogen and oxygen atoms in total. The Morgan fingerprint density at radius 3 is 2.52 bits per heavy atom. The number of pyridine rings is 1. The monoisotopic (exact) mass is 443 g/mol. The molecule has 1 fully saturated rings. The number of hydrogen-bond donors (Lipinski definition) is 1. The van der Waals surface area contributed by atoms with E-state index < -0.39 is 0 Å². The first-order valence-electron chi connectivity index (χ1n) is 11.7. The van der Waals surface area contributed by atoms with E-state index in [4.69, 9.17) is 4.98 Å². The van der Waals surface area contributed by atoms with Crippen molar-refractivity contribution in [3.05, 3.63) is 59.0 Å². The first kappa shape index (κ1) is 20.3. The Hall–Kier alpha value is -3.32. The van der Waals surface area contributed by atoms with Crippen LogP contribution in [0.2, 0.25) is 0 Å². The summed E-state index contributed by atoms with van der Waals surface area (Å²) in [5.74, 6) is -0.269. The number of hydrogen-bond acceptors (Lipinski definition) is 4. The van der Waals surface area contributed by atoms with E-state index in [0.717, 1.165) is 73.9 Å². The summed E-state index contributed by atoms with van der Waals surface area (Å²) < 4.78 is 15.1. The van der Waals surface area contributed by atoms with Crippen LogP contribution in [0, 0.1) is 5.82 Å². The van der Waals surface area contributed by atoms with Gasteiger partial charge in [-0.2, -0.15) is 5.10 Å². The minimum atomic E-state index is -0.335. The van der Waals surface area contributed by atoms with Gasteiger partial charge in [-0.1, -0.05) is 12.1 Å². The maximum Gasteiger partial charge on any atom is 0.253 e. The van der Waals surface area contributed by atoms with Crippen molar-refractivity contribution in [3.8, 4) is 11.3 Å². The molecule has 168 valence electrons. The number of amides is 1. The van der Waals surface area contributed by atoms with Gasteiger partial charge in [-0.15, -0.1) is 0 Å². The van der Waals surface area contributed by atoms with Crippen molar-refractivity contribution in [3.63, 3.8) is 0 Å². The Bertz CT molecular complexity index is 1370. The third-order valence-electron chi connectivity index (χ3n) is 7.15. The lowest BCUT2D eigenvalue weighted by Crippen LogP contribution is -2.47. The average molecular weight is 444 g/mol. The molecule has 4 aromatic rings. The van der Waals surface area contributed by atoms with Crippen LogP contribution in [0.15, 0.2) is 36.5 Å². The second-order valence-electron chi connectivity index (χ2n) is 9.21. The van der Waals surface area contributed by atoms with Gasteiger partial charge in [0, 0.05) is 54.1 Å². The summed E-state index contributed by atoms with van der Waals surface area (Å²) in [6, 6.07) is 9.16. The van der Waals surface area contributed by atoms with Gasteiger partial charge in [-0.3, -0.25) is 9.89 Å². The Morgan fingerprint density at radius 1 is 1.03 bits per heavy atom. The van der Waals surface area contributed by atoms with Gasteiger partial charge in [0.15, 0.2) is 5.82 Å². The molecular formula is C26H26FN5O. The lowest BCUT2D eigenvalue weighted by Gasteiger charge is -2.32. The molecule has 1 aliphatic heterocycles. The standard InChI is InChI=1S/C26H26FN5O/c1-31-10-12-32(13-11-31)26(33)17-8-6-16(7-9-17)24-19-5-3-2-4-18(19)23-20-15-28-30-22(20)14-21(27)25(23)29-24/h6-9,14-15H,2-5,10-13H2,1H3,(H,28,30). The van der Waals surface area contributed by atoms with Crippen molar-refractivity contribution in [2.45, 2.75) is 25.7 Å². The van der Waals surface area contributed by atoms with E-state index in [9.17, 15) is 4.79 Å². The van der Waals surface area contributed by atoms with E-state index >= 15 is 4.39 Å². The van der Waals surface area contributed by atoms with Gasteiger partial charge in [0.25, 0.3) is 5.91 Å². The smallest absolute Gasteiger partial charge is 0.253 e. The van der Waals surface area contributed by atoms with Crippen LogP contribution < -0.4 is 0 Å². The van der Waals surface area contributed by atoms with Gasteiger partial charge in [-0.05, 0) is 56.0 Å². The zero-order valence-electron chi connectivity index (χ0n) is 18.7. The Labute approximate surface area is 191 Å². The molecule has 2 aliphatic rings. The van der Waals surface area contributed by atoms with Crippen LogP contribution in [0.5, 0.6) is 0 Å². The molecule has 0 spiro atoms. The maximum absolute atomic E-state index is 15.1. The molecule has 1 amide bonds. The number of likely N-dealkylation sites (N-methyl/N-ethyl adjacent to an activating group) is 1. The lowest BCUT2D eigenvalue weighted by molar-refractivity contribution is 0.0664. The fourth-order valence-electron chi connectivity index (χ4n) is 5.29. The van der Waals surface area contributed by atoms with Crippen LogP contribution in [-0.2, 0) is 12.8 Å². The predicted octanol–water partition coefficient (Wildman–Crippen LogP) is 4.18. The summed E-state index contributed by atoms with van der Waals surface area (Å²) in [6.07, 6.45) is 5.78. The summed E-state index contributed by atoms with van der Waals surface area (Å²) in [7, 11) is 2.08. The Morgan fingerprint density at radius 2 is 1.76 bits per heavy atom.